The van der Waals surface area contributed by atoms with Crippen LogP contribution in [0.25, 0.3) is 0 Å². The average Bonchev–Trinajstić information content (AvgIpc) is 2.00. The van der Waals surface area contributed by atoms with Crippen molar-refractivity contribution in [1.82, 2.24) is 0 Å². The zero-order valence-corrected chi connectivity index (χ0v) is 8.21. The van der Waals surface area contributed by atoms with Crippen LogP contribution in [0.3, 0.4) is 0 Å². The molecular formula is C10H16O3. The molecule has 1 aliphatic carbocycles. The molecule has 0 spiro atoms. The molecule has 0 aliphatic heterocycles. The highest BCUT2D eigenvalue weighted by atomic mass is 16.5. The van der Waals surface area contributed by atoms with Crippen molar-refractivity contribution in [1.29, 1.82) is 0 Å². The van der Waals surface area contributed by atoms with E-state index in [1.807, 2.05) is 0 Å². The summed E-state index contributed by atoms with van der Waals surface area (Å²) in [5.41, 5.74) is 0. The van der Waals surface area contributed by atoms with E-state index in [9.17, 15) is 9.59 Å². The number of ether oxygens (including phenoxy) is 1. The van der Waals surface area contributed by atoms with Crippen molar-refractivity contribution in [2.45, 2.75) is 33.1 Å². The lowest BCUT2D eigenvalue weighted by molar-refractivity contribution is -0.152. The van der Waals surface area contributed by atoms with Gasteiger partial charge in [0.25, 0.3) is 0 Å². The second kappa shape index (κ2) is 4.40. The van der Waals surface area contributed by atoms with Gasteiger partial charge in [-0.25, -0.2) is 0 Å². The number of esters is 1. The summed E-state index contributed by atoms with van der Waals surface area (Å²) in [4.78, 5) is 22.7. The van der Waals surface area contributed by atoms with Gasteiger partial charge in [-0.15, -0.1) is 0 Å². The molecule has 3 nitrogen and oxygen atoms in total. The topological polar surface area (TPSA) is 43.4 Å². The number of hydrogen-bond donors (Lipinski definition) is 0. The summed E-state index contributed by atoms with van der Waals surface area (Å²) in [5, 5.41) is 0. The molecule has 3 heteroatoms. The number of carbonyl (C=O) groups is 2. The van der Waals surface area contributed by atoms with Crippen LogP contribution in [-0.4, -0.2) is 18.4 Å². The van der Waals surface area contributed by atoms with Crippen LogP contribution in [0.5, 0.6) is 0 Å². The highest BCUT2D eigenvalue weighted by Crippen LogP contribution is 2.29. The molecule has 1 aliphatic rings. The summed E-state index contributed by atoms with van der Waals surface area (Å²) >= 11 is 0. The van der Waals surface area contributed by atoms with Crippen LogP contribution in [0.15, 0.2) is 0 Å². The van der Waals surface area contributed by atoms with Gasteiger partial charge in [0.2, 0.25) is 0 Å². The number of hydrogen-bond acceptors (Lipinski definition) is 3. The highest BCUT2D eigenvalue weighted by Gasteiger charge is 2.32. The maximum absolute atomic E-state index is 11.5. The molecule has 0 aromatic heterocycles. The average molecular weight is 184 g/mol. The molecule has 13 heavy (non-hydrogen) atoms. The number of carbonyl (C=O) groups excluding carboxylic acids is 2. The SMILES string of the molecule is CCOC(=O)C(C)C(=O)C1CCC1. The Morgan fingerprint density at radius 3 is 2.46 bits per heavy atom. The van der Waals surface area contributed by atoms with Crippen molar-refractivity contribution in [3.05, 3.63) is 0 Å². The Morgan fingerprint density at radius 1 is 1.46 bits per heavy atom. The molecule has 1 saturated carbocycles. The largest absolute Gasteiger partial charge is 0.465 e. The predicted molar refractivity (Wildman–Crippen MR) is 48.1 cm³/mol. The second-order valence-corrected chi connectivity index (χ2v) is 3.50. The summed E-state index contributed by atoms with van der Waals surface area (Å²) in [6, 6.07) is 0. The summed E-state index contributed by atoms with van der Waals surface area (Å²) in [6.07, 6.45) is 3.01. The molecule has 0 amide bonds. The third-order valence-corrected chi connectivity index (χ3v) is 2.57. The minimum absolute atomic E-state index is 0.0599. The first kappa shape index (κ1) is 10.2. The van der Waals surface area contributed by atoms with Gasteiger partial charge in [-0.2, -0.15) is 0 Å². The summed E-state index contributed by atoms with van der Waals surface area (Å²) in [5.74, 6) is -0.756. The van der Waals surface area contributed by atoms with Crippen molar-refractivity contribution < 1.29 is 14.3 Å². The van der Waals surface area contributed by atoms with E-state index in [0.29, 0.717) is 6.61 Å². The molecular weight excluding hydrogens is 168 g/mol. The molecule has 1 rings (SSSR count). The minimum atomic E-state index is -0.565. The van der Waals surface area contributed by atoms with Crippen molar-refractivity contribution in [2.75, 3.05) is 6.61 Å². The van der Waals surface area contributed by atoms with Gasteiger partial charge < -0.3 is 4.74 Å². The Balaban J connectivity index is 2.40. The molecule has 0 radical (unpaired) electrons. The maximum atomic E-state index is 11.5. The number of rotatable bonds is 4. The van der Waals surface area contributed by atoms with Gasteiger partial charge in [0, 0.05) is 5.92 Å². The fraction of sp³-hybridized carbons (Fsp3) is 0.800. The monoisotopic (exact) mass is 184 g/mol. The maximum Gasteiger partial charge on any atom is 0.316 e. The Kier molecular flexibility index (Phi) is 3.46. The van der Waals surface area contributed by atoms with Crippen LogP contribution in [0.2, 0.25) is 0 Å². The minimum Gasteiger partial charge on any atom is -0.465 e. The van der Waals surface area contributed by atoms with Gasteiger partial charge in [-0.1, -0.05) is 6.42 Å². The fourth-order valence-electron chi connectivity index (χ4n) is 1.43. The number of ketones is 1. The predicted octanol–water partition coefficient (Wildman–Crippen LogP) is 1.55. The van der Waals surface area contributed by atoms with Crippen molar-refractivity contribution in [2.24, 2.45) is 11.8 Å². The lowest BCUT2D eigenvalue weighted by atomic mass is 9.78. The normalized spacial score (nSPS) is 18.9. The molecule has 0 N–H and O–H groups in total. The van der Waals surface area contributed by atoms with Gasteiger partial charge in [-0.3, -0.25) is 9.59 Å². The van der Waals surface area contributed by atoms with Crippen molar-refractivity contribution >= 4 is 11.8 Å². The number of Topliss-reactive ketones (excluding diaryl/α,β-unsaturated/α-hetero) is 1. The van der Waals surface area contributed by atoms with Crippen LogP contribution in [0.4, 0.5) is 0 Å². The molecule has 74 valence electrons. The van der Waals surface area contributed by atoms with E-state index in [4.69, 9.17) is 4.74 Å². The lowest BCUT2D eigenvalue weighted by Crippen LogP contribution is -2.32. The van der Waals surface area contributed by atoms with E-state index < -0.39 is 5.92 Å². The Hall–Kier alpha value is -0.860. The quantitative estimate of drug-likeness (QED) is 0.492. The fourth-order valence-corrected chi connectivity index (χ4v) is 1.43. The molecule has 0 heterocycles. The highest BCUT2D eigenvalue weighted by molar-refractivity contribution is 6.00. The van der Waals surface area contributed by atoms with E-state index in [1.165, 1.54) is 0 Å². The Morgan fingerprint density at radius 2 is 2.08 bits per heavy atom. The lowest BCUT2D eigenvalue weighted by Gasteiger charge is -2.25. The molecule has 0 bridgehead atoms. The van der Waals surface area contributed by atoms with Crippen LogP contribution < -0.4 is 0 Å². The first-order valence-corrected chi connectivity index (χ1v) is 4.87. The smallest absolute Gasteiger partial charge is 0.316 e. The van der Waals surface area contributed by atoms with E-state index in [0.717, 1.165) is 19.3 Å². The van der Waals surface area contributed by atoms with E-state index in [2.05, 4.69) is 0 Å². The van der Waals surface area contributed by atoms with Crippen molar-refractivity contribution in [3.8, 4) is 0 Å². The zero-order valence-electron chi connectivity index (χ0n) is 8.21. The first-order valence-electron chi connectivity index (χ1n) is 4.87. The molecule has 1 unspecified atom stereocenters. The molecule has 1 fully saturated rings. The van der Waals surface area contributed by atoms with Gasteiger partial charge >= 0.3 is 5.97 Å². The summed E-state index contributed by atoms with van der Waals surface area (Å²) in [7, 11) is 0. The van der Waals surface area contributed by atoms with Crippen LogP contribution in [-0.2, 0) is 14.3 Å². The van der Waals surface area contributed by atoms with Gasteiger partial charge in [-0.05, 0) is 26.7 Å². The van der Waals surface area contributed by atoms with Crippen LogP contribution in [0, 0.1) is 11.8 Å². The Labute approximate surface area is 78.5 Å². The summed E-state index contributed by atoms with van der Waals surface area (Å²) in [6.45, 7) is 3.73. The molecule has 0 aromatic carbocycles. The van der Waals surface area contributed by atoms with E-state index in [1.54, 1.807) is 13.8 Å². The third kappa shape index (κ3) is 2.29. The summed E-state index contributed by atoms with van der Waals surface area (Å²) < 4.78 is 4.78. The van der Waals surface area contributed by atoms with Crippen molar-refractivity contribution in [3.63, 3.8) is 0 Å². The molecule has 0 aromatic rings. The van der Waals surface area contributed by atoms with Gasteiger partial charge in [0.1, 0.15) is 11.7 Å². The van der Waals surface area contributed by atoms with Crippen LogP contribution >= 0.6 is 0 Å². The molecule has 0 saturated heterocycles. The third-order valence-electron chi connectivity index (χ3n) is 2.57. The van der Waals surface area contributed by atoms with E-state index >= 15 is 0 Å². The first-order chi connectivity index (χ1) is 6.16. The van der Waals surface area contributed by atoms with Crippen LogP contribution in [0.1, 0.15) is 33.1 Å². The Bertz CT molecular complexity index is 206. The van der Waals surface area contributed by atoms with Gasteiger partial charge in [0.05, 0.1) is 6.61 Å². The van der Waals surface area contributed by atoms with E-state index in [-0.39, 0.29) is 17.7 Å². The standard InChI is InChI=1S/C10H16O3/c1-3-13-10(12)7(2)9(11)8-5-4-6-8/h7-8H,3-6H2,1-2H3. The molecule has 1 atom stereocenters. The second-order valence-electron chi connectivity index (χ2n) is 3.50. The van der Waals surface area contributed by atoms with Gasteiger partial charge in [0.15, 0.2) is 0 Å². The zero-order chi connectivity index (χ0) is 9.84.